The SMILES string of the molecule is CCC(CN)N(CC(C)C)C1CC1. The van der Waals surface area contributed by atoms with Crippen LogP contribution in [-0.4, -0.2) is 30.1 Å². The summed E-state index contributed by atoms with van der Waals surface area (Å²) < 4.78 is 0. The van der Waals surface area contributed by atoms with Crippen LogP contribution < -0.4 is 5.73 Å². The minimum Gasteiger partial charge on any atom is -0.329 e. The molecule has 2 nitrogen and oxygen atoms in total. The van der Waals surface area contributed by atoms with Gasteiger partial charge in [0.2, 0.25) is 0 Å². The predicted octanol–water partition coefficient (Wildman–Crippen LogP) is 1.84. The van der Waals surface area contributed by atoms with Gasteiger partial charge in [0.1, 0.15) is 0 Å². The molecule has 0 aliphatic heterocycles. The van der Waals surface area contributed by atoms with Crippen molar-refractivity contribution in [3.63, 3.8) is 0 Å². The molecule has 0 aromatic carbocycles. The first-order valence-corrected chi connectivity index (χ1v) is 5.64. The van der Waals surface area contributed by atoms with Gasteiger partial charge in [0, 0.05) is 25.2 Å². The summed E-state index contributed by atoms with van der Waals surface area (Å²) in [5.74, 6) is 0.765. The molecule has 13 heavy (non-hydrogen) atoms. The highest BCUT2D eigenvalue weighted by Crippen LogP contribution is 2.29. The van der Waals surface area contributed by atoms with E-state index in [1.165, 1.54) is 25.8 Å². The summed E-state index contributed by atoms with van der Waals surface area (Å²) in [5.41, 5.74) is 5.78. The molecule has 78 valence electrons. The first-order valence-electron chi connectivity index (χ1n) is 5.64. The molecule has 2 N–H and O–H groups in total. The highest BCUT2D eigenvalue weighted by molar-refractivity contribution is 4.89. The van der Waals surface area contributed by atoms with Gasteiger partial charge < -0.3 is 5.73 Å². The zero-order chi connectivity index (χ0) is 9.84. The van der Waals surface area contributed by atoms with Gasteiger partial charge in [-0.3, -0.25) is 4.90 Å². The first-order chi connectivity index (χ1) is 6.19. The largest absolute Gasteiger partial charge is 0.329 e. The molecular formula is C11H24N2. The fraction of sp³-hybridized carbons (Fsp3) is 1.00. The quantitative estimate of drug-likeness (QED) is 0.682. The van der Waals surface area contributed by atoms with E-state index in [9.17, 15) is 0 Å². The van der Waals surface area contributed by atoms with E-state index in [2.05, 4.69) is 25.7 Å². The fourth-order valence-corrected chi connectivity index (χ4v) is 1.96. The van der Waals surface area contributed by atoms with Gasteiger partial charge in [-0.15, -0.1) is 0 Å². The minimum atomic E-state index is 0.620. The Balaban J connectivity index is 2.44. The molecule has 1 unspecified atom stereocenters. The van der Waals surface area contributed by atoms with Crippen molar-refractivity contribution in [3.8, 4) is 0 Å². The van der Waals surface area contributed by atoms with Crippen molar-refractivity contribution in [2.45, 2.75) is 52.1 Å². The Kier molecular flexibility index (Phi) is 4.20. The van der Waals surface area contributed by atoms with Crippen LogP contribution in [-0.2, 0) is 0 Å². The lowest BCUT2D eigenvalue weighted by molar-refractivity contribution is 0.165. The zero-order valence-corrected chi connectivity index (χ0v) is 9.29. The molecule has 2 heteroatoms. The maximum absolute atomic E-state index is 5.78. The van der Waals surface area contributed by atoms with Crippen LogP contribution in [0.5, 0.6) is 0 Å². The van der Waals surface area contributed by atoms with Crippen LogP contribution in [0.15, 0.2) is 0 Å². The highest BCUT2D eigenvalue weighted by atomic mass is 15.2. The highest BCUT2D eigenvalue weighted by Gasteiger charge is 2.32. The van der Waals surface area contributed by atoms with Gasteiger partial charge in [-0.25, -0.2) is 0 Å². The Morgan fingerprint density at radius 2 is 2.00 bits per heavy atom. The van der Waals surface area contributed by atoms with Gasteiger partial charge in [-0.2, -0.15) is 0 Å². The number of rotatable bonds is 6. The van der Waals surface area contributed by atoms with Gasteiger partial charge >= 0.3 is 0 Å². The standard InChI is InChI=1S/C11H24N2/c1-4-10(7-12)13(8-9(2)3)11-5-6-11/h9-11H,4-8,12H2,1-3H3. The minimum absolute atomic E-state index is 0.620. The Morgan fingerprint density at radius 1 is 1.38 bits per heavy atom. The molecule has 0 heterocycles. The van der Waals surface area contributed by atoms with Crippen molar-refractivity contribution in [2.24, 2.45) is 11.7 Å². The molecule has 0 saturated heterocycles. The Bertz CT molecular complexity index is 137. The Hall–Kier alpha value is -0.0800. The molecule has 0 amide bonds. The van der Waals surface area contributed by atoms with E-state index in [4.69, 9.17) is 5.73 Å². The molecule has 1 aliphatic rings. The second kappa shape index (κ2) is 4.97. The molecular weight excluding hydrogens is 160 g/mol. The zero-order valence-electron chi connectivity index (χ0n) is 9.29. The summed E-state index contributed by atoms with van der Waals surface area (Å²) in [6.07, 6.45) is 3.98. The summed E-state index contributed by atoms with van der Waals surface area (Å²) in [7, 11) is 0. The van der Waals surface area contributed by atoms with Crippen LogP contribution in [0, 0.1) is 5.92 Å². The molecule has 1 fully saturated rings. The molecule has 0 spiro atoms. The number of nitrogens with zero attached hydrogens (tertiary/aromatic N) is 1. The van der Waals surface area contributed by atoms with Gasteiger partial charge in [-0.1, -0.05) is 20.8 Å². The van der Waals surface area contributed by atoms with Crippen molar-refractivity contribution in [1.29, 1.82) is 0 Å². The summed E-state index contributed by atoms with van der Waals surface area (Å²) in [4.78, 5) is 2.63. The number of hydrogen-bond acceptors (Lipinski definition) is 2. The van der Waals surface area contributed by atoms with E-state index < -0.39 is 0 Å². The van der Waals surface area contributed by atoms with E-state index in [-0.39, 0.29) is 0 Å². The van der Waals surface area contributed by atoms with Gasteiger partial charge in [0.25, 0.3) is 0 Å². The van der Waals surface area contributed by atoms with Gasteiger partial charge in [0.05, 0.1) is 0 Å². The van der Waals surface area contributed by atoms with E-state index in [0.29, 0.717) is 6.04 Å². The van der Waals surface area contributed by atoms with Gasteiger partial charge in [0.15, 0.2) is 0 Å². The maximum Gasteiger partial charge on any atom is 0.0218 e. The van der Waals surface area contributed by atoms with E-state index >= 15 is 0 Å². The third-order valence-electron chi connectivity index (χ3n) is 2.80. The van der Waals surface area contributed by atoms with Crippen LogP contribution in [0.25, 0.3) is 0 Å². The summed E-state index contributed by atoms with van der Waals surface area (Å²) in [6.45, 7) is 8.87. The maximum atomic E-state index is 5.78. The van der Waals surface area contributed by atoms with E-state index in [0.717, 1.165) is 18.5 Å². The Morgan fingerprint density at radius 3 is 2.31 bits per heavy atom. The van der Waals surface area contributed by atoms with Crippen molar-refractivity contribution in [1.82, 2.24) is 4.90 Å². The third kappa shape index (κ3) is 3.28. The molecule has 1 aliphatic carbocycles. The van der Waals surface area contributed by atoms with Crippen LogP contribution in [0.2, 0.25) is 0 Å². The molecule has 0 aromatic rings. The molecule has 1 saturated carbocycles. The average Bonchev–Trinajstić information content (AvgIpc) is 2.86. The van der Waals surface area contributed by atoms with Crippen LogP contribution >= 0.6 is 0 Å². The fourth-order valence-electron chi connectivity index (χ4n) is 1.96. The number of nitrogens with two attached hydrogens (primary N) is 1. The van der Waals surface area contributed by atoms with E-state index in [1.807, 2.05) is 0 Å². The molecule has 0 aromatic heterocycles. The van der Waals surface area contributed by atoms with E-state index in [1.54, 1.807) is 0 Å². The third-order valence-corrected chi connectivity index (χ3v) is 2.80. The second-order valence-electron chi connectivity index (χ2n) is 4.62. The Labute approximate surface area is 82.5 Å². The first kappa shape index (κ1) is 11.0. The monoisotopic (exact) mass is 184 g/mol. The lowest BCUT2D eigenvalue weighted by atomic mass is 10.1. The molecule has 1 atom stereocenters. The molecule has 0 bridgehead atoms. The van der Waals surface area contributed by atoms with Crippen molar-refractivity contribution in [3.05, 3.63) is 0 Å². The molecule has 1 rings (SSSR count). The lowest BCUT2D eigenvalue weighted by Crippen LogP contribution is -2.43. The predicted molar refractivity (Wildman–Crippen MR) is 57.7 cm³/mol. The lowest BCUT2D eigenvalue weighted by Gasteiger charge is -2.31. The topological polar surface area (TPSA) is 29.3 Å². The smallest absolute Gasteiger partial charge is 0.0218 e. The van der Waals surface area contributed by atoms with Gasteiger partial charge in [-0.05, 0) is 25.2 Å². The number of hydrogen-bond donors (Lipinski definition) is 1. The normalized spacial score (nSPS) is 19.8. The average molecular weight is 184 g/mol. The van der Waals surface area contributed by atoms with Crippen LogP contribution in [0.4, 0.5) is 0 Å². The van der Waals surface area contributed by atoms with Crippen molar-refractivity contribution >= 4 is 0 Å². The van der Waals surface area contributed by atoms with Crippen molar-refractivity contribution in [2.75, 3.05) is 13.1 Å². The van der Waals surface area contributed by atoms with Crippen LogP contribution in [0.3, 0.4) is 0 Å². The second-order valence-corrected chi connectivity index (χ2v) is 4.62. The summed E-state index contributed by atoms with van der Waals surface area (Å²) in [5, 5.41) is 0. The molecule has 0 radical (unpaired) electrons. The van der Waals surface area contributed by atoms with Crippen LogP contribution in [0.1, 0.15) is 40.0 Å². The van der Waals surface area contributed by atoms with Crippen molar-refractivity contribution < 1.29 is 0 Å². The summed E-state index contributed by atoms with van der Waals surface area (Å²) >= 11 is 0. The summed E-state index contributed by atoms with van der Waals surface area (Å²) in [6, 6.07) is 1.48.